The maximum atomic E-state index is 12.3. The van der Waals surface area contributed by atoms with Gasteiger partial charge in [0.2, 0.25) is 11.0 Å². The molecule has 7 heteroatoms. The van der Waals surface area contributed by atoms with Crippen molar-refractivity contribution in [1.82, 2.24) is 15.1 Å². The van der Waals surface area contributed by atoms with Crippen LogP contribution in [-0.4, -0.2) is 39.8 Å². The molecule has 1 aromatic heterocycles. The van der Waals surface area contributed by atoms with Crippen molar-refractivity contribution in [1.29, 1.82) is 0 Å². The van der Waals surface area contributed by atoms with Gasteiger partial charge in [-0.15, -0.1) is 10.2 Å². The van der Waals surface area contributed by atoms with Crippen LogP contribution in [0.2, 0.25) is 0 Å². The topological polar surface area (TPSA) is 58.1 Å². The lowest BCUT2D eigenvalue weighted by atomic mass is 10.2. The lowest BCUT2D eigenvalue weighted by Crippen LogP contribution is -2.33. The zero-order chi connectivity index (χ0) is 16.8. The number of nitrogens with one attached hydrogen (secondary N) is 1. The van der Waals surface area contributed by atoms with E-state index in [1.165, 1.54) is 41.5 Å². The van der Waals surface area contributed by atoms with Gasteiger partial charge in [0, 0.05) is 18.8 Å². The first-order valence-corrected chi connectivity index (χ1v) is 10.1. The fraction of sp³-hybridized carbons (Fsp3) is 0.471. The highest BCUT2D eigenvalue weighted by Crippen LogP contribution is 2.28. The highest BCUT2D eigenvalue weighted by atomic mass is 32.2. The van der Waals surface area contributed by atoms with E-state index < -0.39 is 0 Å². The van der Waals surface area contributed by atoms with Gasteiger partial charge in [0.15, 0.2) is 4.34 Å². The molecular formula is C17H22N4OS2. The highest BCUT2D eigenvalue weighted by molar-refractivity contribution is 8.01. The molecule has 0 aliphatic carbocycles. The molecule has 24 heavy (non-hydrogen) atoms. The maximum absolute atomic E-state index is 12.3. The van der Waals surface area contributed by atoms with Crippen LogP contribution in [0, 0.1) is 6.92 Å². The fourth-order valence-corrected chi connectivity index (χ4v) is 4.37. The SMILES string of the molecule is Cc1cccc(Nc2nnc(SCC(=O)N3CCCCCC3)s2)c1. The third-order valence-electron chi connectivity index (χ3n) is 3.95. The molecular weight excluding hydrogens is 340 g/mol. The minimum absolute atomic E-state index is 0.213. The quantitative estimate of drug-likeness (QED) is 0.812. The predicted octanol–water partition coefficient (Wildman–Crippen LogP) is 4.08. The number of thioether (sulfide) groups is 1. The van der Waals surface area contributed by atoms with Gasteiger partial charge in [-0.3, -0.25) is 4.79 Å². The number of aryl methyl sites for hydroxylation is 1. The summed E-state index contributed by atoms with van der Waals surface area (Å²) in [5.74, 6) is 0.657. The summed E-state index contributed by atoms with van der Waals surface area (Å²) in [7, 11) is 0. The molecule has 1 fully saturated rings. The van der Waals surface area contributed by atoms with Gasteiger partial charge < -0.3 is 10.2 Å². The number of carbonyl (C=O) groups excluding carboxylic acids is 1. The predicted molar refractivity (Wildman–Crippen MR) is 100 cm³/mol. The first-order valence-electron chi connectivity index (χ1n) is 8.28. The lowest BCUT2D eigenvalue weighted by molar-refractivity contribution is -0.128. The number of rotatable bonds is 5. The summed E-state index contributed by atoms with van der Waals surface area (Å²) in [5, 5.41) is 12.3. The Balaban J connectivity index is 1.51. The second kappa shape index (κ2) is 8.48. The summed E-state index contributed by atoms with van der Waals surface area (Å²) in [5.41, 5.74) is 2.20. The van der Waals surface area contributed by atoms with Crippen molar-refractivity contribution in [3.63, 3.8) is 0 Å². The molecule has 1 amide bonds. The van der Waals surface area contributed by atoms with Crippen molar-refractivity contribution >= 4 is 39.8 Å². The Morgan fingerprint density at radius 2 is 2.04 bits per heavy atom. The van der Waals surface area contributed by atoms with E-state index in [1.807, 2.05) is 17.0 Å². The molecule has 1 aromatic carbocycles. The second-order valence-corrected chi connectivity index (χ2v) is 8.15. The second-order valence-electron chi connectivity index (χ2n) is 5.95. The van der Waals surface area contributed by atoms with Gasteiger partial charge in [-0.1, -0.05) is 48.1 Å². The van der Waals surface area contributed by atoms with Crippen LogP contribution in [0.25, 0.3) is 0 Å². The number of carbonyl (C=O) groups is 1. The van der Waals surface area contributed by atoms with Crippen molar-refractivity contribution in [2.24, 2.45) is 0 Å². The van der Waals surface area contributed by atoms with Gasteiger partial charge in [0.05, 0.1) is 5.75 Å². The van der Waals surface area contributed by atoms with Crippen molar-refractivity contribution < 1.29 is 4.79 Å². The van der Waals surface area contributed by atoms with Crippen LogP contribution in [0.5, 0.6) is 0 Å². The minimum Gasteiger partial charge on any atom is -0.342 e. The molecule has 1 aliphatic heterocycles. The molecule has 0 unspecified atom stereocenters. The largest absolute Gasteiger partial charge is 0.342 e. The normalized spacial score (nSPS) is 15.1. The zero-order valence-corrected chi connectivity index (χ0v) is 15.5. The Bertz CT molecular complexity index is 681. The van der Waals surface area contributed by atoms with Crippen molar-refractivity contribution in [3.05, 3.63) is 29.8 Å². The van der Waals surface area contributed by atoms with Crippen LogP contribution < -0.4 is 5.32 Å². The van der Waals surface area contributed by atoms with E-state index in [0.717, 1.165) is 41.1 Å². The Hall–Kier alpha value is -1.60. The maximum Gasteiger partial charge on any atom is 0.233 e. The Labute approximate surface area is 150 Å². The summed E-state index contributed by atoms with van der Waals surface area (Å²) in [6, 6.07) is 8.14. The average molecular weight is 363 g/mol. The molecule has 0 atom stereocenters. The number of nitrogens with zero attached hydrogens (tertiary/aromatic N) is 3. The number of aromatic nitrogens is 2. The van der Waals surface area contributed by atoms with Gasteiger partial charge in [0.1, 0.15) is 0 Å². The number of benzene rings is 1. The van der Waals surface area contributed by atoms with E-state index in [2.05, 4.69) is 34.6 Å². The average Bonchev–Trinajstić information content (AvgIpc) is 2.83. The molecule has 2 heterocycles. The van der Waals surface area contributed by atoms with Gasteiger partial charge in [0.25, 0.3) is 0 Å². The van der Waals surface area contributed by atoms with Crippen molar-refractivity contribution in [2.75, 3.05) is 24.2 Å². The first-order chi connectivity index (χ1) is 11.7. The molecule has 1 N–H and O–H groups in total. The summed E-state index contributed by atoms with van der Waals surface area (Å²) in [6.45, 7) is 3.85. The third-order valence-corrected chi connectivity index (χ3v) is 5.91. The summed E-state index contributed by atoms with van der Waals surface area (Å²) >= 11 is 2.96. The van der Waals surface area contributed by atoms with Gasteiger partial charge in [-0.05, 0) is 37.5 Å². The molecule has 3 rings (SSSR count). The number of anilines is 2. The van der Waals surface area contributed by atoms with Crippen LogP contribution in [0.3, 0.4) is 0 Å². The van der Waals surface area contributed by atoms with Crippen molar-refractivity contribution in [3.8, 4) is 0 Å². The molecule has 0 spiro atoms. The van der Waals surface area contributed by atoms with Crippen LogP contribution >= 0.6 is 23.1 Å². The monoisotopic (exact) mass is 362 g/mol. The zero-order valence-electron chi connectivity index (χ0n) is 13.8. The molecule has 1 aliphatic rings. The van der Waals surface area contributed by atoms with Crippen LogP contribution in [0.4, 0.5) is 10.8 Å². The molecule has 128 valence electrons. The van der Waals surface area contributed by atoms with Gasteiger partial charge in [-0.25, -0.2) is 0 Å². The Morgan fingerprint density at radius 1 is 1.25 bits per heavy atom. The molecule has 5 nitrogen and oxygen atoms in total. The van der Waals surface area contributed by atoms with E-state index in [-0.39, 0.29) is 5.91 Å². The smallest absolute Gasteiger partial charge is 0.233 e. The van der Waals surface area contributed by atoms with E-state index in [1.54, 1.807) is 0 Å². The molecule has 0 bridgehead atoms. The molecule has 1 saturated heterocycles. The Kier molecular flexibility index (Phi) is 6.09. The number of hydrogen-bond acceptors (Lipinski definition) is 6. The lowest BCUT2D eigenvalue weighted by Gasteiger charge is -2.19. The number of likely N-dealkylation sites (tertiary alicyclic amines) is 1. The minimum atomic E-state index is 0.213. The number of amides is 1. The van der Waals surface area contributed by atoms with Crippen molar-refractivity contribution in [2.45, 2.75) is 36.9 Å². The van der Waals surface area contributed by atoms with Crippen LogP contribution in [0.1, 0.15) is 31.2 Å². The van der Waals surface area contributed by atoms with Gasteiger partial charge >= 0.3 is 0 Å². The standard InChI is InChI=1S/C17H22N4OS2/c1-13-7-6-8-14(11-13)18-16-19-20-17(24-16)23-12-15(22)21-9-4-2-3-5-10-21/h6-8,11H,2-5,9-10,12H2,1H3,(H,18,19). The fourth-order valence-electron chi connectivity index (χ4n) is 2.70. The Morgan fingerprint density at radius 3 is 2.79 bits per heavy atom. The molecule has 2 aromatic rings. The van der Waals surface area contributed by atoms with Crippen LogP contribution in [-0.2, 0) is 4.79 Å². The van der Waals surface area contributed by atoms with Crippen LogP contribution in [0.15, 0.2) is 28.6 Å². The van der Waals surface area contributed by atoms with E-state index in [9.17, 15) is 4.79 Å². The highest BCUT2D eigenvalue weighted by Gasteiger charge is 2.16. The van der Waals surface area contributed by atoms with E-state index in [4.69, 9.17) is 0 Å². The summed E-state index contributed by atoms with van der Waals surface area (Å²) in [6.07, 6.45) is 4.72. The number of hydrogen-bond donors (Lipinski definition) is 1. The van der Waals surface area contributed by atoms with E-state index in [0.29, 0.717) is 5.75 Å². The first kappa shape index (κ1) is 17.2. The summed E-state index contributed by atoms with van der Waals surface area (Å²) < 4.78 is 0.827. The molecule has 0 radical (unpaired) electrons. The van der Waals surface area contributed by atoms with Gasteiger partial charge in [-0.2, -0.15) is 0 Å². The molecule has 0 saturated carbocycles. The summed E-state index contributed by atoms with van der Waals surface area (Å²) in [4.78, 5) is 14.3. The van der Waals surface area contributed by atoms with E-state index >= 15 is 0 Å². The third kappa shape index (κ3) is 4.95.